The zero-order valence-electron chi connectivity index (χ0n) is 11.9. The molecule has 19 heavy (non-hydrogen) atoms. The van der Waals surface area contributed by atoms with E-state index in [-0.39, 0.29) is 0 Å². The van der Waals surface area contributed by atoms with Crippen LogP contribution in [-0.2, 0) is 4.74 Å². The Labute approximate surface area is 115 Å². The van der Waals surface area contributed by atoms with Crippen molar-refractivity contribution in [1.82, 2.24) is 9.97 Å². The zero-order chi connectivity index (χ0) is 13.5. The molecule has 2 N–H and O–H groups in total. The first kappa shape index (κ1) is 14.1. The van der Waals surface area contributed by atoms with Crippen LogP contribution in [0.2, 0.25) is 0 Å². The molecular weight excluding hydrogens is 240 g/mol. The average Bonchev–Trinajstić information content (AvgIpc) is 2.92. The van der Waals surface area contributed by atoms with Crippen LogP contribution in [0.25, 0.3) is 0 Å². The summed E-state index contributed by atoms with van der Waals surface area (Å²) in [5, 5.41) is 6.70. The lowest BCUT2D eigenvalue weighted by Crippen LogP contribution is -2.14. The fourth-order valence-electron chi connectivity index (χ4n) is 2.27. The minimum absolute atomic E-state index is 0.423. The molecule has 1 aromatic heterocycles. The van der Waals surface area contributed by atoms with Crippen LogP contribution in [0.3, 0.4) is 0 Å². The van der Waals surface area contributed by atoms with Crippen molar-refractivity contribution in [2.24, 2.45) is 0 Å². The smallest absolute Gasteiger partial charge is 0.134 e. The second kappa shape index (κ2) is 7.28. The Hall–Kier alpha value is -1.36. The summed E-state index contributed by atoms with van der Waals surface area (Å²) in [4.78, 5) is 8.58. The molecule has 2 rings (SSSR count). The van der Waals surface area contributed by atoms with E-state index in [0.717, 1.165) is 49.7 Å². The molecule has 1 fully saturated rings. The Balaban J connectivity index is 1.84. The lowest BCUT2D eigenvalue weighted by molar-refractivity contribution is 0.107. The van der Waals surface area contributed by atoms with E-state index in [0.29, 0.717) is 6.10 Å². The van der Waals surface area contributed by atoms with Crippen LogP contribution in [0.4, 0.5) is 11.6 Å². The third-order valence-corrected chi connectivity index (χ3v) is 3.41. The molecule has 5 heteroatoms. The molecule has 1 aromatic rings. The number of anilines is 2. The number of nitrogens with one attached hydrogen (secondary N) is 2. The van der Waals surface area contributed by atoms with Gasteiger partial charge in [0.15, 0.2) is 0 Å². The normalized spacial score (nSPS) is 18.5. The Morgan fingerprint density at radius 1 is 1.26 bits per heavy atom. The molecule has 1 saturated heterocycles. The molecule has 1 atom stereocenters. The summed E-state index contributed by atoms with van der Waals surface area (Å²) in [5.41, 5.74) is 1.09. The number of hydrogen-bond donors (Lipinski definition) is 2. The standard InChI is InChI=1S/C14H24N4O/c1-3-7-15-13-11(2)14(18-10-17-13)16-8-6-12-5-4-9-19-12/h10,12H,3-9H2,1-2H3,(H2,15,16,17,18). The molecule has 106 valence electrons. The molecule has 1 aliphatic rings. The third-order valence-electron chi connectivity index (χ3n) is 3.41. The second-order valence-electron chi connectivity index (χ2n) is 4.97. The van der Waals surface area contributed by atoms with Gasteiger partial charge in [0.1, 0.15) is 18.0 Å². The van der Waals surface area contributed by atoms with E-state index in [2.05, 4.69) is 27.5 Å². The van der Waals surface area contributed by atoms with Gasteiger partial charge in [-0.2, -0.15) is 0 Å². The summed E-state index contributed by atoms with van der Waals surface area (Å²) < 4.78 is 5.61. The summed E-state index contributed by atoms with van der Waals surface area (Å²) in [6, 6.07) is 0. The molecule has 0 saturated carbocycles. The van der Waals surface area contributed by atoms with E-state index in [1.807, 2.05) is 6.92 Å². The van der Waals surface area contributed by atoms with Gasteiger partial charge in [0, 0.05) is 25.3 Å². The van der Waals surface area contributed by atoms with Gasteiger partial charge in [-0.05, 0) is 32.6 Å². The molecule has 5 nitrogen and oxygen atoms in total. The van der Waals surface area contributed by atoms with Crippen LogP contribution >= 0.6 is 0 Å². The van der Waals surface area contributed by atoms with E-state index >= 15 is 0 Å². The lowest BCUT2D eigenvalue weighted by atomic mass is 10.2. The Bertz CT molecular complexity index is 391. The molecular formula is C14H24N4O. The van der Waals surface area contributed by atoms with Crippen LogP contribution in [0, 0.1) is 6.92 Å². The molecule has 2 heterocycles. The van der Waals surface area contributed by atoms with Gasteiger partial charge in [0.2, 0.25) is 0 Å². The topological polar surface area (TPSA) is 59.1 Å². The van der Waals surface area contributed by atoms with E-state index in [4.69, 9.17) is 4.74 Å². The Morgan fingerprint density at radius 2 is 2.00 bits per heavy atom. The van der Waals surface area contributed by atoms with Crippen LogP contribution in [0.1, 0.15) is 38.2 Å². The lowest BCUT2D eigenvalue weighted by Gasteiger charge is -2.14. The first-order valence-corrected chi connectivity index (χ1v) is 7.22. The first-order chi connectivity index (χ1) is 9.31. The first-order valence-electron chi connectivity index (χ1n) is 7.22. The molecule has 1 aliphatic heterocycles. The van der Waals surface area contributed by atoms with Gasteiger partial charge in [-0.1, -0.05) is 6.92 Å². The molecule has 0 amide bonds. The summed E-state index contributed by atoms with van der Waals surface area (Å²) in [7, 11) is 0. The van der Waals surface area contributed by atoms with Gasteiger partial charge in [-0.3, -0.25) is 0 Å². The van der Waals surface area contributed by atoms with Gasteiger partial charge in [0.25, 0.3) is 0 Å². The van der Waals surface area contributed by atoms with E-state index in [9.17, 15) is 0 Å². The molecule has 0 aliphatic carbocycles. The summed E-state index contributed by atoms with van der Waals surface area (Å²) in [5.74, 6) is 1.85. The van der Waals surface area contributed by atoms with Crippen LogP contribution in [0.15, 0.2) is 6.33 Å². The number of nitrogens with zero attached hydrogens (tertiary/aromatic N) is 2. The molecule has 0 radical (unpaired) electrons. The maximum atomic E-state index is 5.61. The van der Waals surface area contributed by atoms with Gasteiger partial charge in [-0.25, -0.2) is 9.97 Å². The van der Waals surface area contributed by atoms with Gasteiger partial charge >= 0.3 is 0 Å². The fraction of sp³-hybridized carbons (Fsp3) is 0.714. The highest BCUT2D eigenvalue weighted by atomic mass is 16.5. The van der Waals surface area contributed by atoms with Crippen molar-refractivity contribution in [1.29, 1.82) is 0 Å². The molecule has 1 unspecified atom stereocenters. The van der Waals surface area contributed by atoms with Crippen LogP contribution in [-0.4, -0.2) is 35.8 Å². The second-order valence-corrected chi connectivity index (χ2v) is 4.97. The Morgan fingerprint density at radius 3 is 2.63 bits per heavy atom. The van der Waals surface area contributed by atoms with Crippen molar-refractivity contribution < 1.29 is 4.74 Å². The maximum absolute atomic E-state index is 5.61. The van der Waals surface area contributed by atoms with E-state index < -0.39 is 0 Å². The number of ether oxygens (including phenoxy) is 1. The van der Waals surface area contributed by atoms with Gasteiger partial charge in [0.05, 0.1) is 6.10 Å². The van der Waals surface area contributed by atoms with E-state index in [1.54, 1.807) is 6.33 Å². The number of rotatable bonds is 7. The number of aromatic nitrogens is 2. The van der Waals surface area contributed by atoms with Crippen molar-refractivity contribution in [3.63, 3.8) is 0 Å². The SMILES string of the molecule is CCCNc1ncnc(NCCC2CCCO2)c1C. The van der Waals surface area contributed by atoms with Crippen molar-refractivity contribution in [3.8, 4) is 0 Å². The predicted octanol–water partition coefficient (Wildman–Crippen LogP) is 2.59. The largest absolute Gasteiger partial charge is 0.378 e. The predicted molar refractivity (Wildman–Crippen MR) is 77.6 cm³/mol. The summed E-state index contributed by atoms with van der Waals surface area (Å²) in [6.45, 7) is 6.95. The Kier molecular flexibility index (Phi) is 5.39. The highest BCUT2D eigenvalue weighted by Gasteiger charge is 2.15. The minimum atomic E-state index is 0.423. The minimum Gasteiger partial charge on any atom is -0.378 e. The summed E-state index contributed by atoms with van der Waals surface area (Å²) >= 11 is 0. The molecule has 0 aromatic carbocycles. The summed E-state index contributed by atoms with van der Waals surface area (Å²) in [6.07, 6.45) is 6.55. The van der Waals surface area contributed by atoms with Crippen LogP contribution in [0.5, 0.6) is 0 Å². The highest BCUT2D eigenvalue weighted by Crippen LogP contribution is 2.19. The van der Waals surface area contributed by atoms with Gasteiger partial charge < -0.3 is 15.4 Å². The van der Waals surface area contributed by atoms with Crippen LogP contribution < -0.4 is 10.6 Å². The van der Waals surface area contributed by atoms with Crippen molar-refractivity contribution in [2.75, 3.05) is 30.3 Å². The number of hydrogen-bond acceptors (Lipinski definition) is 5. The average molecular weight is 264 g/mol. The third kappa shape index (κ3) is 4.06. The van der Waals surface area contributed by atoms with E-state index in [1.165, 1.54) is 12.8 Å². The fourth-order valence-corrected chi connectivity index (χ4v) is 2.27. The molecule has 0 bridgehead atoms. The maximum Gasteiger partial charge on any atom is 0.134 e. The quantitative estimate of drug-likeness (QED) is 0.792. The van der Waals surface area contributed by atoms with Crippen molar-refractivity contribution in [3.05, 3.63) is 11.9 Å². The molecule has 0 spiro atoms. The van der Waals surface area contributed by atoms with Crippen molar-refractivity contribution >= 4 is 11.6 Å². The monoisotopic (exact) mass is 264 g/mol. The van der Waals surface area contributed by atoms with Gasteiger partial charge in [-0.15, -0.1) is 0 Å². The zero-order valence-corrected chi connectivity index (χ0v) is 11.9. The highest BCUT2D eigenvalue weighted by molar-refractivity contribution is 5.56. The van der Waals surface area contributed by atoms with Crippen molar-refractivity contribution in [2.45, 2.75) is 45.6 Å².